The number of anilines is 1. The quantitative estimate of drug-likeness (QED) is 0.726. The number of hydrogen-bond donors (Lipinski definition) is 1. The van der Waals surface area contributed by atoms with Gasteiger partial charge in [-0.1, -0.05) is 6.07 Å². The summed E-state index contributed by atoms with van der Waals surface area (Å²) in [6, 6.07) is 5.94. The zero-order valence-corrected chi connectivity index (χ0v) is 10.4. The molecule has 0 aliphatic heterocycles. The number of rotatable bonds is 7. The van der Waals surface area contributed by atoms with Crippen LogP contribution in [0.15, 0.2) is 18.2 Å². The van der Waals surface area contributed by atoms with Crippen molar-refractivity contribution in [2.45, 2.75) is 19.4 Å². The number of hydrogen-bond acceptors (Lipinski definition) is 4. The third-order valence-corrected chi connectivity index (χ3v) is 3.01. The summed E-state index contributed by atoms with van der Waals surface area (Å²) in [5.41, 5.74) is 6.50. The van der Waals surface area contributed by atoms with Crippen molar-refractivity contribution in [2.75, 3.05) is 31.7 Å². The molecule has 1 aromatic rings. The number of nitrogens with zero attached hydrogens (tertiary/aromatic N) is 2. The van der Waals surface area contributed by atoms with E-state index in [1.165, 1.54) is 12.8 Å². The highest BCUT2D eigenvalue weighted by Crippen LogP contribution is 2.28. The summed E-state index contributed by atoms with van der Waals surface area (Å²) in [4.78, 5) is 6.57. The molecule has 0 amide bonds. The Morgan fingerprint density at radius 2 is 2.29 bits per heavy atom. The van der Waals surface area contributed by atoms with E-state index in [-0.39, 0.29) is 0 Å². The first-order valence-electron chi connectivity index (χ1n) is 6.24. The fourth-order valence-corrected chi connectivity index (χ4v) is 1.64. The van der Waals surface area contributed by atoms with Crippen LogP contribution in [-0.2, 0) is 11.3 Å². The highest BCUT2D eigenvalue weighted by Gasteiger charge is 2.20. The van der Waals surface area contributed by atoms with Crippen molar-refractivity contribution < 1.29 is 4.74 Å². The minimum Gasteiger partial charge on any atom is -0.379 e. The van der Waals surface area contributed by atoms with E-state index in [0.29, 0.717) is 6.54 Å². The van der Waals surface area contributed by atoms with Crippen LogP contribution in [0.3, 0.4) is 0 Å². The van der Waals surface area contributed by atoms with Gasteiger partial charge in [0.2, 0.25) is 0 Å². The molecule has 0 radical (unpaired) electrons. The monoisotopic (exact) mass is 235 g/mol. The highest BCUT2D eigenvalue weighted by molar-refractivity contribution is 5.38. The second-order valence-electron chi connectivity index (χ2n) is 4.63. The van der Waals surface area contributed by atoms with Crippen LogP contribution in [0.25, 0.3) is 0 Å². The molecule has 0 aromatic carbocycles. The van der Waals surface area contributed by atoms with Gasteiger partial charge in [-0.15, -0.1) is 0 Å². The smallest absolute Gasteiger partial charge is 0.128 e. The topological polar surface area (TPSA) is 51.4 Å². The largest absolute Gasteiger partial charge is 0.379 e. The van der Waals surface area contributed by atoms with E-state index in [2.05, 4.69) is 9.88 Å². The van der Waals surface area contributed by atoms with Crippen LogP contribution in [-0.4, -0.2) is 31.8 Å². The van der Waals surface area contributed by atoms with Crippen molar-refractivity contribution in [3.8, 4) is 0 Å². The average Bonchev–Trinajstić information content (AvgIpc) is 3.18. The van der Waals surface area contributed by atoms with Gasteiger partial charge < -0.3 is 15.4 Å². The number of nitrogens with two attached hydrogens (primary N) is 1. The molecule has 1 aliphatic rings. The van der Waals surface area contributed by atoms with E-state index in [0.717, 1.165) is 37.2 Å². The first kappa shape index (κ1) is 12.3. The predicted molar refractivity (Wildman–Crippen MR) is 68.9 cm³/mol. The summed E-state index contributed by atoms with van der Waals surface area (Å²) < 4.78 is 5.61. The molecular formula is C13H21N3O. The molecule has 0 spiro atoms. The van der Waals surface area contributed by atoms with E-state index in [1.807, 2.05) is 25.2 Å². The SMILES string of the molecule is CN(CCOCC1CC1)c1cccc(CN)n1. The molecular weight excluding hydrogens is 214 g/mol. The van der Waals surface area contributed by atoms with Crippen LogP contribution in [0.4, 0.5) is 5.82 Å². The van der Waals surface area contributed by atoms with Gasteiger partial charge >= 0.3 is 0 Å². The predicted octanol–water partition coefficient (Wildman–Crippen LogP) is 1.40. The van der Waals surface area contributed by atoms with E-state index < -0.39 is 0 Å². The van der Waals surface area contributed by atoms with Crippen LogP contribution in [0.5, 0.6) is 0 Å². The van der Waals surface area contributed by atoms with Crippen molar-refractivity contribution in [1.82, 2.24) is 4.98 Å². The summed E-state index contributed by atoms with van der Waals surface area (Å²) in [6.45, 7) is 3.04. The zero-order valence-electron chi connectivity index (χ0n) is 10.4. The van der Waals surface area contributed by atoms with Gasteiger partial charge in [0.25, 0.3) is 0 Å². The van der Waals surface area contributed by atoms with Gasteiger partial charge in [0, 0.05) is 26.7 Å². The molecule has 0 unspecified atom stereocenters. The molecule has 1 aliphatic carbocycles. The number of ether oxygens (including phenoxy) is 1. The molecule has 2 N–H and O–H groups in total. The Hall–Kier alpha value is -1.13. The zero-order chi connectivity index (χ0) is 12.1. The lowest BCUT2D eigenvalue weighted by atomic mass is 10.3. The lowest BCUT2D eigenvalue weighted by Crippen LogP contribution is -2.24. The minimum atomic E-state index is 0.486. The molecule has 1 aromatic heterocycles. The molecule has 1 heterocycles. The maximum atomic E-state index is 5.61. The molecule has 0 saturated heterocycles. The Kier molecular flexibility index (Phi) is 4.34. The van der Waals surface area contributed by atoms with Crippen LogP contribution in [0, 0.1) is 5.92 Å². The molecule has 2 rings (SSSR count). The van der Waals surface area contributed by atoms with Crippen LogP contribution in [0.2, 0.25) is 0 Å². The number of likely N-dealkylation sites (N-methyl/N-ethyl adjacent to an activating group) is 1. The van der Waals surface area contributed by atoms with Crippen molar-refractivity contribution in [3.05, 3.63) is 23.9 Å². The molecule has 4 nitrogen and oxygen atoms in total. The van der Waals surface area contributed by atoms with Crippen molar-refractivity contribution in [3.63, 3.8) is 0 Å². The normalized spacial score (nSPS) is 14.9. The van der Waals surface area contributed by atoms with Gasteiger partial charge in [0.15, 0.2) is 0 Å². The minimum absolute atomic E-state index is 0.486. The van der Waals surface area contributed by atoms with Crippen molar-refractivity contribution >= 4 is 5.82 Å². The Morgan fingerprint density at radius 3 is 3.00 bits per heavy atom. The van der Waals surface area contributed by atoms with Crippen molar-refractivity contribution in [2.24, 2.45) is 11.7 Å². The van der Waals surface area contributed by atoms with Crippen LogP contribution < -0.4 is 10.6 Å². The Morgan fingerprint density at radius 1 is 1.47 bits per heavy atom. The molecule has 1 fully saturated rings. The summed E-state index contributed by atoms with van der Waals surface area (Å²) in [5.74, 6) is 1.79. The molecule has 94 valence electrons. The van der Waals surface area contributed by atoms with Gasteiger partial charge in [0.05, 0.1) is 12.3 Å². The lowest BCUT2D eigenvalue weighted by molar-refractivity contribution is 0.131. The van der Waals surface area contributed by atoms with Crippen LogP contribution >= 0.6 is 0 Å². The Bertz CT molecular complexity index is 352. The number of pyridine rings is 1. The summed E-state index contributed by atoms with van der Waals surface area (Å²) in [5, 5.41) is 0. The van der Waals surface area contributed by atoms with E-state index in [4.69, 9.17) is 10.5 Å². The van der Waals surface area contributed by atoms with E-state index >= 15 is 0 Å². The number of aromatic nitrogens is 1. The summed E-state index contributed by atoms with van der Waals surface area (Å²) >= 11 is 0. The molecule has 17 heavy (non-hydrogen) atoms. The standard InChI is InChI=1S/C13H21N3O/c1-16(7-8-17-10-11-5-6-11)13-4-2-3-12(9-14)15-13/h2-4,11H,5-10,14H2,1H3. The highest BCUT2D eigenvalue weighted by atomic mass is 16.5. The third-order valence-electron chi connectivity index (χ3n) is 3.01. The third kappa shape index (κ3) is 3.98. The average molecular weight is 235 g/mol. The maximum Gasteiger partial charge on any atom is 0.128 e. The maximum absolute atomic E-state index is 5.61. The first-order valence-corrected chi connectivity index (χ1v) is 6.24. The molecule has 0 bridgehead atoms. The first-order chi connectivity index (χ1) is 8.29. The second-order valence-corrected chi connectivity index (χ2v) is 4.63. The van der Waals surface area contributed by atoms with Gasteiger partial charge in [-0.2, -0.15) is 0 Å². The fraction of sp³-hybridized carbons (Fsp3) is 0.615. The van der Waals surface area contributed by atoms with Crippen molar-refractivity contribution in [1.29, 1.82) is 0 Å². The Balaban J connectivity index is 1.74. The Labute approximate surface area is 103 Å². The second kappa shape index (κ2) is 5.98. The van der Waals surface area contributed by atoms with Gasteiger partial charge in [-0.05, 0) is 30.9 Å². The summed E-state index contributed by atoms with van der Waals surface area (Å²) in [6.07, 6.45) is 2.69. The summed E-state index contributed by atoms with van der Waals surface area (Å²) in [7, 11) is 2.03. The van der Waals surface area contributed by atoms with Gasteiger partial charge in [-0.25, -0.2) is 4.98 Å². The van der Waals surface area contributed by atoms with Crippen LogP contribution in [0.1, 0.15) is 18.5 Å². The molecule has 0 atom stereocenters. The van der Waals surface area contributed by atoms with E-state index in [9.17, 15) is 0 Å². The lowest BCUT2D eigenvalue weighted by Gasteiger charge is -2.18. The molecule has 4 heteroatoms. The fourth-order valence-electron chi connectivity index (χ4n) is 1.64. The van der Waals surface area contributed by atoms with Gasteiger partial charge in [0.1, 0.15) is 5.82 Å². The molecule has 1 saturated carbocycles. The van der Waals surface area contributed by atoms with E-state index in [1.54, 1.807) is 0 Å². The van der Waals surface area contributed by atoms with Gasteiger partial charge in [-0.3, -0.25) is 0 Å².